The highest BCUT2D eigenvalue weighted by Crippen LogP contribution is 2.25. The van der Waals surface area contributed by atoms with E-state index in [0.29, 0.717) is 12.1 Å². The Bertz CT molecular complexity index is 806. The van der Waals surface area contributed by atoms with Gasteiger partial charge in [0.25, 0.3) is 5.91 Å². The number of nitrogens with one attached hydrogen (secondary N) is 1. The fourth-order valence-corrected chi connectivity index (χ4v) is 3.57. The van der Waals surface area contributed by atoms with Gasteiger partial charge in [-0.15, -0.1) is 0 Å². The van der Waals surface area contributed by atoms with Crippen LogP contribution >= 0.6 is 11.3 Å². The number of amides is 1. The molecule has 0 unspecified atom stereocenters. The molecule has 0 radical (unpaired) electrons. The minimum atomic E-state index is -0.0278. The molecule has 0 atom stereocenters. The van der Waals surface area contributed by atoms with E-state index < -0.39 is 0 Å². The summed E-state index contributed by atoms with van der Waals surface area (Å²) < 4.78 is 3.00. The summed E-state index contributed by atoms with van der Waals surface area (Å²) in [6.07, 6.45) is 3.94. The summed E-state index contributed by atoms with van der Waals surface area (Å²) in [5.41, 5.74) is 1.60. The Labute approximate surface area is 145 Å². The van der Waals surface area contributed by atoms with E-state index in [0.717, 1.165) is 35.0 Å². The van der Waals surface area contributed by atoms with Gasteiger partial charge < -0.3 is 14.8 Å². The number of likely N-dealkylation sites (N-methyl/N-ethyl adjacent to an activating group) is 1. The van der Waals surface area contributed by atoms with Gasteiger partial charge in [-0.05, 0) is 43.4 Å². The fourth-order valence-electron chi connectivity index (χ4n) is 2.60. The normalized spacial score (nSPS) is 11.3. The lowest BCUT2D eigenvalue weighted by molar-refractivity contribution is 0.0949. The first-order chi connectivity index (χ1) is 11.7. The lowest BCUT2D eigenvalue weighted by Crippen LogP contribution is -2.34. The monoisotopic (exact) mass is 342 g/mol. The number of carbonyl (C=O) groups excluding carboxylic acids is 1. The summed E-state index contributed by atoms with van der Waals surface area (Å²) in [4.78, 5) is 19.2. The predicted octanol–water partition coefficient (Wildman–Crippen LogP) is 3.16. The van der Waals surface area contributed by atoms with Gasteiger partial charge in [0, 0.05) is 31.0 Å². The van der Waals surface area contributed by atoms with E-state index >= 15 is 0 Å². The third-order valence-electron chi connectivity index (χ3n) is 4.07. The number of benzene rings is 1. The second-order valence-corrected chi connectivity index (χ2v) is 6.56. The number of rotatable bonds is 7. The largest absolute Gasteiger partial charge is 0.351 e. The van der Waals surface area contributed by atoms with Crippen molar-refractivity contribution in [2.75, 3.05) is 26.2 Å². The summed E-state index contributed by atoms with van der Waals surface area (Å²) in [7, 11) is 0. The number of fused-ring (bicyclic) bond motifs is 1. The number of aromatic nitrogens is 2. The van der Waals surface area contributed by atoms with E-state index in [1.807, 2.05) is 47.3 Å². The summed E-state index contributed by atoms with van der Waals surface area (Å²) in [5, 5.41) is 3.91. The van der Waals surface area contributed by atoms with Gasteiger partial charge >= 0.3 is 0 Å². The quantitative estimate of drug-likeness (QED) is 0.717. The Kier molecular flexibility index (Phi) is 5.27. The molecule has 2 heterocycles. The van der Waals surface area contributed by atoms with Crippen molar-refractivity contribution in [1.29, 1.82) is 0 Å². The Balaban J connectivity index is 1.69. The lowest BCUT2D eigenvalue weighted by Gasteiger charge is -2.17. The maximum Gasteiger partial charge on any atom is 0.251 e. The van der Waals surface area contributed by atoms with Crippen molar-refractivity contribution in [3.8, 4) is 5.13 Å². The highest BCUT2D eigenvalue weighted by molar-refractivity contribution is 7.20. The second-order valence-electron chi connectivity index (χ2n) is 5.55. The van der Waals surface area contributed by atoms with Crippen LogP contribution in [0.3, 0.4) is 0 Å². The van der Waals surface area contributed by atoms with Gasteiger partial charge in [0.1, 0.15) is 0 Å². The molecule has 24 heavy (non-hydrogen) atoms. The van der Waals surface area contributed by atoms with E-state index in [1.165, 1.54) is 0 Å². The summed E-state index contributed by atoms with van der Waals surface area (Å²) in [6.45, 7) is 7.80. The van der Waals surface area contributed by atoms with Crippen LogP contribution in [0.5, 0.6) is 0 Å². The van der Waals surface area contributed by atoms with Gasteiger partial charge in [-0.1, -0.05) is 25.2 Å². The molecule has 0 bridgehead atoms. The number of hydrogen-bond acceptors (Lipinski definition) is 4. The highest BCUT2D eigenvalue weighted by Gasteiger charge is 2.10. The van der Waals surface area contributed by atoms with Crippen LogP contribution in [0.15, 0.2) is 42.7 Å². The molecular formula is C18H22N4OS. The SMILES string of the molecule is CCN(CC)CCNC(=O)c1ccc2nc(-n3cccc3)sc2c1. The van der Waals surface area contributed by atoms with Crippen molar-refractivity contribution in [2.24, 2.45) is 0 Å². The third kappa shape index (κ3) is 3.66. The van der Waals surface area contributed by atoms with Crippen molar-refractivity contribution >= 4 is 27.5 Å². The van der Waals surface area contributed by atoms with Crippen LogP contribution in [0.25, 0.3) is 15.3 Å². The molecule has 126 valence electrons. The van der Waals surface area contributed by atoms with Crippen LogP contribution in [0.4, 0.5) is 0 Å². The average Bonchev–Trinajstić information content (AvgIpc) is 3.26. The molecule has 0 aliphatic heterocycles. The highest BCUT2D eigenvalue weighted by atomic mass is 32.1. The number of thiazole rings is 1. The van der Waals surface area contributed by atoms with Gasteiger partial charge in [0.15, 0.2) is 5.13 Å². The van der Waals surface area contributed by atoms with Crippen molar-refractivity contribution < 1.29 is 4.79 Å². The zero-order valence-corrected chi connectivity index (χ0v) is 14.8. The van der Waals surface area contributed by atoms with Crippen LogP contribution in [0.2, 0.25) is 0 Å². The van der Waals surface area contributed by atoms with E-state index in [2.05, 4.69) is 29.0 Å². The molecule has 1 amide bonds. The van der Waals surface area contributed by atoms with Crippen LogP contribution in [0, 0.1) is 0 Å². The lowest BCUT2D eigenvalue weighted by atomic mass is 10.2. The second kappa shape index (κ2) is 7.59. The van der Waals surface area contributed by atoms with E-state index in [9.17, 15) is 4.79 Å². The first-order valence-electron chi connectivity index (χ1n) is 8.25. The van der Waals surface area contributed by atoms with Crippen LogP contribution in [0.1, 0.15) is 24.2 Å². The van der Waals surface area contributed by atoms with Crippen molar-refractivity contribution in [3.63, 3.8) is 0 Å². The maximum atomic E-state index is 12.3. The minimum absolute atomic E-state index is 0.0278. The average molecular weight is 342 g/mol. The van der Waals surface area contributed by atoms with E-state index in [1.54, 1.807) is 11.3 Å². The Morgan fingerprint density at radius 3 is 2.71 bits per heavy atom. The van der Waals surface area contributed by atoms with Crippen LogP contribution < -0.4 is 5.32 Å². The molecule has 0 saturated heterocycles. The van der Waals surface area contributed by atoms with Crippen molar-refractivity contribution in [1.82, 2.24) is 19.8 Å². The summed E-state index contributed by atoms with van der Waals surface area (Å²) in [5.74, 6) is -0.0278. The molecule has 5 nitrogen and oxygen atoms in total. The standard InChI is InChI=1S/C18H22N4OS/c1-3-21(4-2)12-9-19-17(23)14-7-8-15-16(13-14)24-18(20-15)22-10-5-6-11-22/h5-8,10-11,13H,3-4,9,12H2,1-2H3,(H,19,23). The topological polar surface area (TPSA) is 50.2 Å². The molecule has 0 fully saturated rings. The molecule has 1 aromatic carbocycles. The molecule has 0 aliphatic carbocycles. The molecule has 6 heteroatoms. The van der Waals surface area contributed by atoms with E-state index in [-0.39, 0.29) is 5.91 Å². The zero-order valence-electron chi connectivity index (χ0n) is 14.0. The first kappa shape index (κ1) is 16.7. The number of hydrogen-bond donors (Lipinski definition) is 1. The smallest absolute Gasteiger partial charge is 0.251 e. The molecule has 3 rings (SSSR count). The van der Waals surface area contributed by atoms with Gasteiger partial charge in [-0.2, -0.15) is 0 Å². The third-order valence-corrected chi connectivity index (χ3v) is 5.10. The van der Waals surface area contributed by atoms with Crippen molar-refractivity contribution in [3.05, 3.63) is 48.3 Å². The fraction of sp³-hybridized carbons (Fsp3) is 0.333. The minimum Gasteiger partial charge on any atom is -0.351 e. The maximum absolute atomic E-state index is 12.3. The molecule has 0 saturated carbocycles. The summed E-state index contributed by atoms with van der Waals surface area (Å²) in [6, 6.07) is 9.63. The molecule has 1 N–H and O–H groups in total. The Hall–Kier alpha value is -2.18. The molecule has 0 spiro atoms. The van der Waals surface area contributed by atoms with Crippen LogP contribution in [-0.4, -0.2) is 46.5 Å². The number of nitrogens with zero attached hydrogens (tertiary/aromatic N) is 3. The van der Waals surface area contributed by atoms with Gasteiger partial charge in [0.05, 0.1) is 10.2 Å². The van der Waals surface area contributed by atoms with Crippen LogP contribution in [-0.2, 0) is 0 Å². The summed E-state index contributed by atoms with van der Waals surface area (Å²) >= 11 is 1.59. The molecule has 0 aliphatic rings. The molecular weight excluding hydrogens is 320 g/mol. The molecule has 3 aromatic rings. The van der Waals surface area contributed by atoms with Gasteiger partial charge in [0.2, 0.25) is 0 Å². The first-order valence-corrected chi connectivity index (χ1v) is 9.07. The molecule has 2 aromatic heterocycles. The Morgan fingerprint density at radius 2 is 2.00 bits per heavy atom. The predicted molar refractivity (Wildman–Crippen MR) is 99.1 cm³/mol. The van der Waals surface area contributed by atoms with Gasteiger partial charge in [-0.3, -0.25) is 4.79 Å². The zero-order chi connectivity index (χ0) is 16.9. The number of carbonyl (C=O) groups is 1. The van der Waals surface area contributed by atoms with E-state index in [4.69, 9.17) is 0 Å². The van der Waals surface area contributed by atoms with Gasteiger partial charge in [-0.25, -0.2) is 4.98 Å². The van der Waals surface area contributed by atoms with Crippen molar-refractivity contribution in [2.45, 2.75) is 13.8 Å². The Morgan fingerprint density at radius 1 is 1.25 bits per heavy atom.